The van der Waals surface area contributed by atoms with Gasteiger partial charge in [-0.1, -0.05) is 0 Å². The van der Waals surface area contributed by atoms with Crippen LogP contribution in [0, 0.1) is 0 Å². The van der Waals surface area contributed by atoms with Crippen molar-refractivity contribution in [2.45, 2.75) is 13.0 Å². The van der Waals surface area contributed by atoms with Gasteiger partial charge in [0.05, 0.1) is 6.61 Å². The van der Waals surface area contributed by atoms with Gasteiger partial charge in [0.2, 0.25) is 0 Å². The number of benzene rings is 1. The molecule has 4 nitrogen and oxygen atoms in total. The SMILES string of the molecule is Cn1ccnc1-c1cc(CN)c2c(c1)CCO2. The van der Waals surface area contributed by atoms with Crippen LogP contribution in [-0.2, 0) is 20.0 Å². The van der Waals surface area contributed by atoms with Gasteiger partial charge in [0.15, 0.2) is 0 Å². The summed E-state index contributed by atoms with van der Waals surface area (Å²) in [5, 5.41) is 0. The highest BCUT2D eigenvalue weighted by atomic mass is 16.5. The number of nitrogens with two attached hydrogens (primary N) is 1. The molecule has 0 fully saturated rings. The van der Waals surface area contributed by atoms with Gasteiger partial charge in [-0.25, -0.2) is 4.98 Å². The van der Waals surface area contributed by atoms with Crippen LogP contribution in [0.3, 0.4) is 0 Å². The molecule has 88 valence electrons. The van der Waals surface area contributed by atoms with Gasteiger partial charge in [-0.2, -0.15) is 0 Å². The Morgan fingerprint density at radius 1 is 1.47 bits per heavy atom. The maximum atomic E-state index is 5.78. The third-order valence-corrected chi connectivity index (χ3v) is 3.16. The predicted octanol–water partition coefficient (Wildman–Crippen LogP) is 1.48. The molecule has 1 aliphatic heterocycles. The molecular formula is C13H15N3O. The highest BCUT2D eigenvalue weighted by Gasteiger charge is 2.18. The maximum Gasteiger partial charge on any atom is 0.139 e. The smallest absolute Gasteiger partial charge is 0.139 e. The summed E-state index contributed by atoms with van der Waals surface area (Å²) in [4.78, 5) is 4.37. The van der Waals surface area contributed by atoms with Crippen LogP contribution in [-0.4, -0.2) is 16.2 Å². The second kappa shape index (κ2) is 3.89. The van der Waals surface area contributed by atoms with Gasteiger partial charge < -0.3 is 15.0 Å². The van der Waals surface area contributed by atoms with Gasteiger partial charge in [-0.05, 0) is 17.7 Å². The third-order valence-electron chi connectivity index (χ3n) is 3.16. The van der Waals surface area contributed by atoms with Crippen LogP contribution in [0.2, 0.25) is 0 Å². The molecule has 0 aliphatic carbocycles. The van der Waals surface area contributed by atoms with E-state index >= 15 is 0 Å². The van der Waals surface area contributed by atoms with Crippen molar-refractivity contribution in [1.82, 2.24) is 9.55 Å². The Bertz CT molecular complexity index is 560. The Balaban J connectivity index is 2.16. The zero-order valence-electron chi connectivity index (χ0n) is 9.81. The van der Waals surface area contributed by atoms with E-state index in [9.17, 15) is 0 Å². The second-order valence-electron chi connectivity index (χ2n) is 4.29. The van der Waals surface area contributed by atoms with E-state index < -0.39 is 0 Å². The summed E-state index contributed by atoms with van der Waals surface area (Å²) < 4.78 is 7.63. The Morgan fingerprint density at radius 2 is 2.35 bits per heavy atom. The van der Waals surface area contributed by atoms with E-state index in [-0.39, 0.29) is 0 Å². The van der Waals surface area contributed by atoms with E-state index in [1.807, 2.05) is 17.8 Å². The molecule has 0 saturated carbocycles. The molecule has 4 heteroatoms. The number of fused-ring (bicyclic) bond motifs is 1. The number of rotatable bonds is 2. The van der Waals surface area contributed by atoms with E-state index in [1.165, 1.54) is 5.56 Å². The summed E-state index contributed by atoms with van der Waals surface area (Å²) in [5.74, 6) is 1.94. The number of hydrogen-bond acceptors (Lipinski definition) is 3. The van der Waals surface area contributed by atoms with Gasteiger partial charge in [0.25, 0.3) is 0 Å². The topological polar surface area (TPSA) is 53.1 Å². The fourth-order valence-electron chi connectivity index (χ4n) is 2.31. The van der Waals surface area contributed by atoms with Crippen LogP contribution in [0.25, 0.3) is 11.4 Å². The lowest BCUT2D eigenvalue weighted by Gasteiger charge is -2.09. The zero-order chi connectivity index (χ0) is 11.8. The Morgan fingerprint density at radius 3 is 3.06 bits per heavy atom. The first kappa shape index (κ1) is 10.4. The maximum absolute atomic E-state index is 5.78. The molecule has 17 heavy (non-hydrogen) atoms. The molecule has 0 atom stereocenters. The molecule has 2 N–H and O–H groups in total. The summed E-state index contributed by atoms with van der Waals surface area (Å²) >= 11 is 0. The first-order valence-corrected chi connectivity index (χ1v) is 5.76. The fraction of sp³-hybridized carbons (Fsp3) is 0.308. The Hall–Kier alpha value is -1.81. The lowest BCUT2D eigenvalue weighted by atomic mass is 10.0. The normalized spacial score (nSPS) is 13.5. The molecular weight excluding hydrogens is 214 g/mol. The lowest BCUT2D eigenvalue weighted by Crippen LogP contribution is -2.01. The van der Waals surface area contributed by atoms with Gasteiger partial charge in [-0.15, -0.1) is 0 Å². The Kier molecular flexibility index (Phi) is 2.37. The molecule has 0 saturated heterocycles. The summed E-state index contributed by atoms with van der Waals surface area (Å²) in [7, 11) is 1.99. The van der Waals surface area contributed by atoms with Crippen LogP contribution in [0.4, 0.5) is 0 Å². The number of hydrogen-bond donors (Lipinski definition) is 1. The molecule has 3 rings (SSSR count). The third kappa shape index (κ3) is 1.61. The van der Waals surface area contributed by atoms with E-state index in [2.05, 4.69) is 17.1 Å². The first-order valence-electron chi connectivity index (χ1n) is 5.76. The standard InChI is InChI=1S/C13H15N3O/c1-16-4-3-15-13(16)10-6-9-2-5-17-12(9)11(7-10)8-14/h3-4,6-7H,2,5,8,14H2,1H3. The zero-order valence-corrected chi connectivity index (χ0v) is 9.81. The molecule has 2 aromatic rings. The first-order chi connectivity index (χ1) is 8.29. The highest BCUT2D eigenvalue weighted by Crippen LogP contribution is 2.33. The molecule has 2 heterocycles. The molecule has 0 unspecified atom stereocenters. The molecule has 1 aromatic heterocycles. The number of imidazole rings is 1. The van der Waals surface area contributed by atoms with E-state index in [0.29, 0.717) is 6.54 Å². The number of aromatic nitrogens is 2. The van der Waals surface area contributed by atoms with Crippen LogP contribution < -0.4 is 10.5 Å². The summed E-state index contributed by atoms with van der Waals surface area (Å²) in [6, 6.07) is 4.23. The molecule has 0 radical (unpaired) electrons. The Labute approximate surface area is 100 Å². The van der Waals surface area contributed by atoms with Crippen LogP contribution in [0.1, 0.15) is 11.1 Å². The van der Waals surface area contributed by atoms with E-state index in [1.54, 1.807) is 6.20 Å². The average Bonchev–Trinajstić information content (AvgIpc) is 2.95. The van der Waals surface area contributed by atoms with E-state index in [0.717, 1.165) is 35.7 Å². The summed E-state index contributed by atoms with van der Waals surface area (Å²) in [6.07, 6.45) is 4.71. The predicted molar refractivity (Wildman–Crippen MR) is 65.7 cm³/mol. The minimum absolute atomic E-state index is 0.501. The minimum Gasteiger partial charge on any atom is -0.493 e. The van der Waals surface area contributed by atoms with Crippen molar-refractivity contribution in [2.24, 2.45) is 12.8 Å². The van der Waals surface area contributed by atoms with Crippen molar-refractivity contribution in [3.63, 3.8) is 0 Å². The highest BCUT2D eigenvalue weighted by molar-refractivity contribution is 5.63. The van der Waals surface area contributed by atoms with Crippen molar-refractivity contribution in [3.8, 4) is 17.1 Å². The molecule has 1 aliphatic rings. The van der Waals surface area contributed by atoms with Crippen molar-refractivity contribution in [1.29, 1.82) is 0 Å². The largest absolute Gasteiger partial charge is 0.493 e. The quantitative estimate of drug-likeness (QED) is 0.848. The molecule has 0 amide bonds. The average molecular weight is 229 g/mol. The lowest BCUT2D eigenvalue weighted by molar-refractivity contribution is 0.353. The van der Waals surface area contributed by atoms with Gasteiger partial charge in [0.1, 0.15) is 11.6 Å². The monoisotopic (exact) mass is 229 g/mol. The molecule has 0 spiro atoms. The summed E-state index contributed by atoms with van der Waals surface area (Å²) in [5.41, 5.74) is 9.20. The van der Waals surface area contributed by atoms with Crippen molar-refractivity contribution >= 4 is 0 Å². The van der Waals surface area contributed by atoms with Crippen LogP contribution in [0.5, 0.6) is 5.75 Å². The van der Waals surface area contributed by atoms with Gasteiger partial charge in [-0.3, -0.25) is 0 Å². The fourth-order valence-corrected chi connectivity index (χ4v) is 2.31. The van der Waals surface area contributed by atoms with Crippen molar-refractivity contribution in [3.05, 3.63) is 35.7 Å². The molecule has 0 bridgehead atoms. The molecule has 1 aromatic carbocycles. The van der Waals surface area contributed by atoms with Crippen LogP contribution in [0.15, 0.2) is 24.5 Å². The summed E-state index contributed by atoms with van der Waals surface area (Å²) in [6.45, 7) is 1.26. The second-order valence-corrected chi connectivity index (χ2v) is 4.29. The number of nitrogens with zero attached hydrogens (tertiary/aromatic N) is 2. The van der Waals surface area contributed by atoms with Crippen molar-refractivity contribution < 1.29 is 4.74 Å². The van der Waals surface area contributed by atoms with Crippen LogP contribution >= 0.6 is 0 Å². The van der Waals surface area contributed by atoms with E-state index in [4.69, 9.17) is 10.5 Å². The minimum atomic E-state index is 0.501. The van der Waals surface area contributed by atoms with Crippen molar-refractivity contribution in [2.75, 3.05) is 6.61 Å². The number of aryl methyl sites for hydroxylation is 1. The van der Waals surface area contributed by atoms with Gasteiger partial charge >= 0.3 is 0 Å². The number of ether oxygens (including phenoxy) is 1. The van der Waals surface area contributed by atoms with Gasteiger partial charge in [0, 0.05) is 43.5 Å².